The first-order chi connectivity index (χ1) is 13.8. The fourth-order valence-electron chi connectivity index (χ4n) is 3.81. The van der Waals surface area contributed by atoms with Crippen LogP contribution in [0.3, 0.4) is 0 Å². The third-order valence-corrected chi connectivity index (χ3v) is 5.36. The number of fused-ring (bicyclic) bond motifs is 3. The molecule has 2 aliphatic heterocycles. The summed E-state index contributed by atoms with van der Waals surface area (Å²) in [4.78, 5) is 46.4. The fourth-order valence-corrected chi connectivity index (χ4v) is 3.81. The number of nitrogens with one attached hydrogen (secondary N) is 2. The van der Waals surface area contributed by atoms with Crippen molar-refractivity contribution in [2.45, 2.75) is 38.2 Å². The smallest absolute Gasteiger partial charge is 0.303 e. The standard InChI is InChI=1S/C17H21N5O7/c1-7(2)13(26)20-16-19-12-10(14(27)21-16)18-6-22(12)15-11-8(3-9(24)25)17(4-23,29-15)5-28-11/h6-8,11,15,23H,3-5H2,1-2H3,(H,24,25)(H2,19,20,21,26,27)/t8-,11?,15-,17+/m1/s1. The van der Waals surface area contributed by atoms with Crippen LogP contribution in [0.25, 0.3) is 11.2 Å². The third kappa shape index (κ3) is 3.09. The SMILES string of the molecule is CC(C)C(=O)Nc1nc2c(ncn2[C@@H]2O[C@@]3(CO)COC2[C@H]3CC(=O)O)c(=O)[nH]1. The highest BCUT2D eigenvalue weighted by atomic mass is 16.6. The maximum Gasteiger partial charge on any atom is 0.303 e. The van der Waals surface area contributed by atoms with E-state index in [1.807, 2.05) is 0 Å². The number of hydrogen-bond acceptors (Lipinski definition) is 8. The average Bonchev–Trinajstić information content (AvgIpc) is 3.31. The molecule has 0 aromatic carbocycles. The number of aromatic nitrogens is 4. The number of nitrogens with zero attached hydrogens (tertiary/aromatic N) is 3. The van der Waals surface area contributed by atoms with Crippen molar-refractivity contribution in [3.05, 3.63) is 16.7 Å². The third-order valence-electron chi connectivity index (χ3n) is 5.36. The lowest BCUT2D eigenvalue weighted by molar-refractivity contribution is -0.184. The molecular weight excluding hydrogens is 386 g/mol. The Morgan fingerprint density at radius 2 is 2.24 bits per heavy atom. The van der Waals surface area contributed by atoms with Crippen molar-refractivity contribution in [3.8, 4) is 0 Å². The van der Waals surface area contributed by atoms with Gasteiger partial charge in [0, 0.05) is 11.8 Å². The summed E-state index contributed by atoms with van der Waals surface area (Å²) >= 11 is 0. The molecule has 2 aromatic rings. The molecule has 1 unspecified atom stereocenters. The lowest BCUT2D eigenvalue weighted by Crippen LogP contribution is -2.42. The zero-order valence-electron chi connectivity index (χ0n) is 15.8. The zero-order chi connectivity index (χ0) is 20.9. The van der Waals surface area contributed by atoms with Gasteiger partial charge in [-0.05, 0) is 0 Å². The minimum atomic E-state index is -1.15. The molecular formula is C17H21N5O7. The van der Waals surface area contributed by atoms with Crippen molar-refractivity contribution in [2.75, 3.05) is 18.5 Å². The van der Waals surface area contributed by atoms with Gasteiger partial charge >= 0.3 is 5.97 Å². The first kappa shape index (κ1) is 19.5. The maximum absolute atomic E-state index is 12.4. The Morgan fingerprint density at radius 1 is 1.48 bits per heavy atom. The predicted octanol–water partition coefficient (Wildman–Crippen LogP) is -0.536. The van der Waals surface area contributed by atoms with E-state index < -0.39 is 42.0 Å². The first-order valence-electron chi connectivity index (χ1n) is 9.15. The second-order valence-electron chi connectivity index (χ2n) is 7.59. The Hall–Kier alpha value is -2.83. The summed E-state index contributed by atoms with van der Waals surface area (Å²) in [6.45, 7) is 3.06. The van der Waals surface area contributed by atoms with Crippen LogP contribution in [-0.4, -0.2) is 66.5 Å². The van der Waals surface area contributed by atoms with E-state index in [1.54, 1.807) is 13.8 Å². The quantitative estimate of drug-likeness (QED) is 0.491. The molecule has 0 saturated carbocycles. The van der Waals surface area contributed by atoms with E-state index in [-0.39, 0.29) is 42.0 Å². The van der Waals surface area contributed by atoms with E-state index in [9.17, 15) is 24.6 Å². The number of anilines is 1. The Morgan fingerprint density at radius 3 is 2.90 bits per heavy atom. The maximum atomic E-state index is 12.4. The Labute approximate surface area is 163 Å². The minimum Gasteiger partial charge on any atom is -0.481 e. The van der Waals surface area contributed by atoms with Crippen LogP contribution in [0.15, 0.2) is 11.1 Å². The van der Waals surface area contributed by atoms with Gasteiger partial charge in [0.2, 0.25) is 11.9 Å². The largest absolute Gasteiger partial charge is 0.481 e. The van der Waals surface area contributed by atoms with Crippen LogP contribution >= 0.6 is 0 Å². The molecule has 4 heterocycles. The molecule has 2 fully saturated rings. The summed E-state index contributed by atoms with van der Waals surface area (Å²) in [6.07, 6.45) is -0.380. The summed E-state index contributed by atoms with van der Waals surface area (Å²) in [5.41, 5.74) is -1.51. The van der Waals surface area contributed by atoms with E-state index in [0.717, 1.165) is 0 Å². The number of carbonyl (C=O) groups is 2. The second kappa shape index (κ2) is 6.90. The van der Waals surface area contributed by atoms with E-state index in [4.69, 9.17) is 9.47 Å². The Balaban J connectivity index is 1.73. The van der Waals surface area contributed by atoms with Gasteiger partial charge in [-0.2, -0.15) is 4.98 Å². The van der Waals surface area contributed by atoms with Crippen molar-refractivity contribution in [1.29, 1.82) is 0 Å². The molecule has 12 nitrogen and oxygen atoms in total. The molecule has 29 heavy (non-hydrogen) atoms. The van der Waals surface area contributed by atoms with Crippen LogP contribution in [-0.2, 0) is 19.1 Å². The number of imidazole rings is 1. The highest BCUT2D eigenvalue weighted by Crippen LogP contribution is 2.50. The van der Waals surface area contributed by atoms with Gasteiger partial charge in [-0.3, -0.25) is 29.3 Å². The second-order valence-corrected chi connectivity index (χ2v) is 7.59. The number of rotatable bonds is 6. The van der Waals surface area contributed by atoms with E-state index in [0.29, 0.717) is 0 Å². The molecule has 0 spiro atoms. The van der Waals surface area contributed by atoms with E-state index in [2.05, 4.69) is 20.3 Å². The topological polar surface area (TPSA) is 169 Å². The molecule has 4 rings (SSSR count). The number of carbonyl (C=O) groups excluding carboxylic acids is 1. The molecule has 2 saturated heterocycles. The number of H-pyrrole nitrogens is 1. The molecule has 2 aliphatic rings. The number of carboxylic acids is 1. The average molecular weight is 407 g/mol. The number of carboxylic acid groups (broad SMARTS) is 1. The van der Waals surface area contributed by atoms with Crippen LogP contribution in [0.5, 0.6) is 0 Å². The van der Waals surface area contributed by atoms with E-state index in [1.165, 1.54) is 10.9 Å². The molecule has 2 aromatic heterocycles. The highest BCUT2D eigenvalue weighted by molar-refractivity contribution is 5.91. The van der Waals surface area contributed by atoms with Gasteiger partial charge in [0.05, 0.1) is 26.0 Å². The monoisotopic (exact) mass is 407 g/mol. The number of aliphatic hydroxyl groups excluding tert-OH is 1. The summed E-state index contributed by atoms with van der Waals surface area (Å²) in [5, 5.41) is 21.6. The molecule has 4 atom stereocenters. The molecule has 4 N–H and O–H groups in total. The van der Waals surface area contributed by atoms with Crippen molar-refractivity contribution in [2.24, 2.45) is 11.8 Å². The van der Waals surface area contributed by atoms with Crippen molar-refractivity contribution in [3.63, 3.8) is 0 Å². The van der Waals surface area contributed by atoms with Gasteiger partial charge in [0.1, 0.15) is 11.7 Å². The lowest BCUT2D eigenvalue weighted by atomic mass is 9.86. The van der Waals surface area contributed by atoms with Gasteiger partial charge in [-0.25, -0.2) is 4.98 Å². The summed E-state index contributed by atoms with van der Waals surface area (Å²) < 4.78 is 13.2. The molecule has 0 radical (unpaired) electrons. The van der Waals surface area contributed by atoms with Crippen LogP contribution in [0, 0.1) is 11.8 Å². The van der Waals surface area contributed by atoms with Gasteiger partial charge in [-0.15, -0.1) is 0 Å². The number of aliphatic hydroxyl groups is 1. The minimum absolute atomic E-state index is 0.0340. The number of aromatic amines is 1. The van der Waals surface area contributed by atoms with Crippen LogP contribution in [0.4, 0.5) is 5.95 Å². The molecule has 156 valence electrons. The van der Waals surface area contributed by atoms with Crippen LogP contribution in [0.1, 0.15) is 26.5 Å². The van der Waals surface area contributed by atoms with Gasteiger partial charge < -0.3 is 19.7 Å². The number of hydrogen-bond donors (Lipinski definition) is 4. The normalized spacial score (nSPS) is 28.3. The van der Waals surface area contributed by atoms with Crippen LogP contribution in [0.2, 0.25) is 0 Å². The summed E-state index contributed by atoms with van der Waals surface area (Å²) in [5.74, 6) is -2.28. The summed E-state index contributed by atoms with van der Waals surface area (Å²) in [7, 11) is 0. The Bertz CT molecular complexity index is 1030. The Kier molecular flexibility index (Phi) is 4.63. The number of aliphatic carboxylic acids is 1. The predicted molar refractivity (Wildman–Crippen MR) is 97.0 cm³/mol. The molecule has 0 aliphatic carbocycles. The van der Waals surface area contributed by atoms with Gasteiger partial charge in [0.15, 0.2) is 17.4 Å². The number of amides is 1. The fraction of sp³-hybridized carbons (Fsp3) is 0.588. The van der Waals surface area contributed by atoms with Crippen molar-refractivity contribution in [1.82, 2.24) is 19.5 Å². The van der Waals surface area contributed by atoms with Crippen molar-refractivity contribution >= 4 is 29.0 Å². The van der Waals surface area contributed by atoms with E-state index >= 15 is 0 Å². The highest BCUT2D eigenvalue weighted by Gasteiger charge is 2.62. The van der Waals surface area contributed by atoms with Gasteiger partial charge in [-0.1, -0.05) is 13.8 Å². The zero-order valence-corrected chi connectivity index (χ0v) is 15.8. The molecule has 1 amide bonds. The number of ether oxygens (including phenoxy) is 2. The van der Waals surface area contributed by atoms with Gasteiger partial charge in [0.25, 0.3) is 5.56 Å². The molecule has 2 bridgehead atoms. The molecule has 12 heteroatoms. The van der Waals surface area contributed by atoms with Crippen molar-refractivity contribution < 1.29 is 29.3 Å². The first-order valence-corrected chi connectivity index (χ1v) is 9.15. The lowest BCUT2D eigenvalue weighted by Gasteiger charge is -2.30. The summed E-state index contributed by atoms with van der Waals surface area (Å²) in [6, 6.07) is 0. The van der Waals surface area contributed by atoms with Crippen LogP contribution < -0.4 is 10.9 Å².